The highest BCUT2D eigenvalue weighted by Gasteiger charge is 2.15. The Morgan fingerprint density at radius 2 is 1.78 bits per heavy atom. The summed E-state index contributed by atoms with van der Waals surface area (Å²) in [5.41, 5.74) is 2.68. The van der Waals surface area contributed by atoms with Gasteiger partial charge in [0.1, 0.15) is 0 Å². The Morgan fingerprint density at radius 1 is 1.13 bits per heavy atom. The monoisotopic (exact) mass is 316 g/mol. The number of hydrogen-bond donors (Lipinski definition) is 2. The van der Waals surface area contributed by atoms with Crippen molar-refractivity contribution < 1.29 is 0 Å². The van der Waals surface area contributed by atoms with Crippen LogP contribution < -0.4 is 10.6 Å². The molecule has 1 aromatic rings. The normalized spacial score (nSPS) is 16.1. The average molecular weight is 316 g/mol. The van der Waals surface area contributed by atoms with Gasteiger partial charge in [0, 0.05) is 19.6 Å². The first-order chi connectivity index (χ1) is 11.2. The molecule has 1 aromatic carbocycles. The van der Waals surface area contributed by atoms with Gasteiger partial charge in [0.25, 0.3) is 0 Å². The Balaban J connectivity index is 1.92. The van der Waals surface area contributed by atoms with Crippen LogP contribution in [0, 0.1) is 5.92 Å². The van der Waals surface area contributed by atoms with Gasteiger partial charge in [0.15, 0.2) is 5.96 Å². The van der Waals surface area contributed by atoms with Gasteiger partial charge >= 0.3 is 0 Å². The molecule has 0 saturated carbocycles. The predicted octanol–water partition coefficient (Wildman–Crippen LogP) is 2.99. The smallest absolute Gasteiger partial charge is 0.191 e. The first-order valence-electron chi connectivity index (χ1n) is 9.03. The number of nitrogens with one attached hydrogen (secondary N) is 2. The van der Waals surface area contributed by atoms with Crippen LogP contribution >= 0.6 is 0 Å². The Hall–Kier alpha value is -1.55. The molecule has 0 atom stereocenters. The third-order valence-electron chi connectivity index (χ3n) is 4.38. The summed E-state index contributed by atoms with van der Waals surface area (Å²) in [6.07, 6.45) is 2.66. The summed E-state index contributed by atoms with van der Waals surface area (Å²) in [6, 6.07) is 8.87. The molecule has 23 heavy (non-hydrogen) atoms. The summed E-state index contributed by atoms with van der Waals surface area (Å²) in [5, 5.41) is 6.54. The molecule has 0 aromatic heterocycles. The minimum absolute atomic E-state index is 0.722. The van der Waals surface area contributed by atoms with Crippen LogP contribution in [0.25, 0.3) is 0 Å². The zero-order valence-electron chi connectivity index (χ0n) is 14.9. The van der Waals surface area contributed by atoms with Crippen molar-refractivity contribution in [1.82, 2.24) is 15.5 Å². The van der Waals surface area contributed by atoms with E-state index in [0.29, 0.717) is 0 Å². The van der Waals surface area contributed by atoms with Crippen molar-refractivity contribution in [1.29, 1.82) is 0 Å². The molecule has 1 aliphatic heterocycles. The number of likely N-dealkylation sites (tertiary alicyclic amines) is 1. The van der Waals surface area contributed by atoms with Gasteiger partial charge in [-0.05, 0) is 56.8 Å². The molecule has 4 heteroatoms. The van der Waals surface area contributed by atoms with Crippen LogP contribution in [-0.4, -0.2) is 37.0 Å². The number of benzene rings is 1. The second-order valence-corrected chi connectivity index (χ2v) is 6.50. The van der Waals surface area contributed by atoms with E-state index in [0.717, 1.165) is 38.1 Å². The van der Waals surface area contributed by atoms with Crippen LogP contribution in [0.3, 0.4) is 0 Å². The number of guanidine groups is 1. The van der Waals surface area contributed by atoms with Gasteiger partial charge in [-0.1, -0.05) is 31.2 Å². The highest BCUT2D eigenvalue weighted by molar-refractivity contribution is 5.79. The average Bonchev–Trinajstić information content (AvgIpc) is 2.56. The van der Waals surface area contributed by atoms with Crippen LogP contribution in [-0.2, 0) is 13.1 Å². The van der Waals surface area contributed by atoms with Crippen molar-refractivity contribution in [2.45, 2.75) is 46.7 Å². The minimum atomic E-state index is 0.722. The highest BCUT2D eigenvalue weighted by Crippen LogP contribution is 2.18. The molecule has 1 aliphatic rings. The van der Waals surface area contributed by atoms with E-state index >= 15 is 0 Å². The fraction of sp³-hybridized carbons (Fsp3) is 0.632. The lowest BCUT2D eigenvalue weighted by atomic mass is 9.98. The van der Waals surface area contributed by atoms with E-state index in [4.69, 9.17) is 0 Å². The molecule has 0 amide bonds. The van der Waals surface area contributed by atoms with Gasteiger partial charge in [-0.15, -0.1) is 0 Å². The van der Waals surface area contributed by atoms with Gasteiger partial charge < -0.3 is 10.6 Å². The summed E-state index contributed by atoms with van der Waals surface area (Å²) < 4.78 is 0. The standard InChI is InChI=1S/C19H32N4/c1-4-20-19(21-5-2)22-14-17-7-6-8-18(13-17)15-23-11-9-16(3)10-12-23/h6-8,13,16H,4-5,9-12,14-15H2,1-3H3,(H2,20,21,22). The first kappa shape index (κ1) is 17.8. The summed E-state index contributed by atoms with van der Waals surface area (Å²) in [7, 11) is 0. The van der Waals surface area contributed by atoms with Crippen molar-refractivity contribution in [3.8, 4) is 0 Å². The number of rotatable bonds is 6. The van der Waals surface area contributed by atoms with Gasteiger partial charge in [0.05, 0.1) is 6.54 Å². The zero-order valence-corrected chi connectivity index (χ0v) is 14.9. The van der Waals surface area contributed by atoms with Crippen molar-refractivity contribution in [3.05, 3.63) is 35.4 Å². The fourth-order valence-corrected chi connectivity index (χ4v) is 2.98. The Labute approximate surface area is 141 Å². The second kappa shape index (κ2) is 9.56. The molecule has 0 spiro atoms. The maximum absolute atomic E-state index is 4.65. The number of piperidine rings is 1. The molecule has 0 bridgehead atoms. The molecular formula is C19H32N4. The highest BCUT2D eigenvalue weighted by atomic mass is 15.2. The van der Waals surface area contributed by atoms with Gasteiger partial charge in [-0.2, -0.15) is 0 Å². The molecule has 4 nitrogen and oxygen atoms in total. The van der Waals surface area contributed by atoms with E-state index in [1.54, 1.807) is 0 Å². The lowest BCUT2D eigenvalue weighted by Gasteiger charge is -2.30. The number of aliphatic imine (C=N–C) groups is 1. The molecular weight excluding hydrogens is 284 g/mol. The van der Waals surface area contributed by atoms with Gasteiger partial charge in [0.2, 0.25) is 0 Å². The van der Waals surface area contributed by atoms with Crippen LogP contribution in [0.4, 0.5) is 0 Å². The van der Waals surface area contributed by atoms with Gasteiger partial charge in [-0.3, -0.25) is 4.90 Å². The van der Waals surface area contributed by atoms with Crippen LogP contribution in [0.2, 0.25) is 0 Å². The molecule has 1 saturated heterocycles. The van der Waals surface area contributed by atoms with E-state index < -0.39 is 0 Å². The van der Waals surface area contributed by atoms with E-state index in [9.17, 15) is 0 Å². The Bertz CT molecular complexity index is 482. The molecule has 2 N–H and O–H groups in total. The second-order valence-electron chi connectivity index (χ2n) is 6.50. The largest absolute Gasteiger partial charge is 0.357 e. The lowest BCUT2D eigenvalue weighted by molar-refractivity contribution is 0.185. The quantitative estimate of drug-likeness (QED) is 0.626. The summed E-state index contributed by atoms with van der Waals surface area (Å²) in [5.74, 6) is 1.79. The Morgan fingerprint density at radius 3 is 2.43 bits per heavy atom. The topological polar surface area (TPSA) is 39.7 Å². The van der Waals surface area contributed by atoms with Crippen LogP contribution in [0.15, 0.2) is 29.3 Å². The fourth-order valence-electron chi connectivity index (χ4n) is 2.98. The maximum Gasteiger partial charge on any atom is 0.191 e. The van der Waals surface area contributed by atoms with Crippen molar-refractivity contribution in [2.75, 3.05) is 26.2 Å². The summed E-state index contributed by atoms with van der Waals surface area (Å²) in [4.78, 5) is 7.23. The number of nitrogens with zero attached hydrogens (tertiary/aromatic N) is 2. The molecule has 1 heterocycles. The summed E-state index contributed by atoms with van der Waals surface area (Å²) in [6.45, 7) is 12.6. The van der Waals surface area contributed by atoms with Gasteiger partial charge in [-0.25, -0.2) is 4.99 Å². The third kappa shape index (κ3) is 6.22. The predicted molar refractivity (Wildman–Crippen MR) is 98.6 cm³/mol. The molecule has 0 unspecified atom stereocenters. The molecule has 0 radical (unpaired) electrons. The maximum atomic E-state index is 4.65. The molecule has 2 rings (SSSR count). The van der Waals surface area contributed by atoms with Crippen molar-refractivity contribution >= 4 is 5.96 Å². The zero-order chi connectivity index (χ0) is 16.5. The number of hydrogen-bond acceptors (Lipinski definition) is 2. The Kier molecular flexibility index (Phi) is 7.40. The molecule has 0 aliphatic carbocycles. The first-order valence-corrected chi connectivity index (χ1v) is 9.03. The van der Waals surface area contributed by atoms with E-state index in [2.05, 4.69) is 65.6 Å². The summed E-state index contributed by atoms with van der Waals surface area (Å²) >= 11 is 0. The van der Waals surface area contributed by atoms with E-state index in [-0.39, 0.29) is 0 Å². The third-order valence-corrected chi connectivity index (χ3v) is 4.38. The lowest BCUT2D eigenvalue weighted by Crippen LogP contribution is -2.36. The van der Waals surface area contributed by atoms with Crippen molar-refractivity contribution in [3.63, 3.8) is 0 Å². The van der Waals surface area contributed by atoms with E-state index in [1.165, 1.54) is 37.1 Å². The SMILES string of the molecule is CCNC(=NCc1cccc(CN2CCC(C)CC2)c1)NCC. The molecule has 1 fully saturated rings. The van der Waals surface area contributed by atoms with E-state index in [1.807, 2.05) is 0 Å². The van der Waals surface area contributed by atoms with Crippen molar-refractivity contribution in [2.24, 2.45) is 10.9 Å². The van der Waals surface area contributed by atoms with Crippen LogP contribution in [0.5, 0.6) is 0 Å². The minimum Gasteiger partial charge on any atom is -0.357 e. The van der Waals surface area contributed by atoms with Crippen LogP contribution in [0.1, 0.15) is 44.7 Å². The molecule has 128 valence electrons.